The number of ether oxygens (including phenoxy) is 1. The van der Waals surface area contributed by atoms with Crippen molar-refractivity contribution < 1.29 is 19.4 Å². The van der Waals surface area contributed by atoms with E-state index in [1.54, 1.807) is 31.2 Å². The van der Waals surface area contributed by atoms with Crippen molar-refractivity contribution in [1.29, 1.82) is 0 Å². The fraction of sp³-hybridized carbons (Fsp3) is 0.158. The molecule has 0 aliphatic carbocycles. The summed E-state index contributed by atoms with van der Waals surface area (Å²) in [4.78, 5) is 29.4. The number of amides is 1. The van der Waals surface area contributed by atoms with Crippen LogP contribution in [0.25, 0.3) is 5.69 Å². The number of hydrogen-bond donors (Lipinski definition) is 1. The minimum atomic E-state index is -1.34. The van der Waals surface area contributed by atoms with Crippen molar-refractivity contribution in [3.63, 3.8) is 0 Å². The first kappa shape index (κ1) is 23.1. The van der Waals surface area contributed by atoms with Gasteiger partial charge in [0.05, 0.1) is 34.6 Å². The third-order valence-corrected chi connectivity index (χ3v) is 5.00. The van der Waals surface area contributed by atoms with E-state index in [0.717, 1.165) is 0 Å². The lowest BCUT2D eigenvalue weighted by Crippen LogP contribution is -2.28. The van der Waals surface area contributed by atoms with E-state index in [-0.39, 0.29) is 40.4 Å². The number of aromatic nitrogens is 3. The number of carbonyl (C=O) groups excluding carboxylic acids is 1. The zero-order chi connectivity index (χ0) is 22.7. The van der Waals surface area contributed by atoms with E-state index in [0.29, 0.717) is 10.0 Å². The Morgan fingerprint density at radius 2 is 1.74 bits per heavy atom. The number of nitrogens with zero attached hydrogens (tertiary/aromatic N) is 4. The lowest BCUT2D eigenvalue weighted by molar-refractivity contribution is 0.0683. The zero-order valence-corrected chi connectivity index (χ0v) is 18.9. The summed E-state index contributed by atoms with van der Waals surface area (Å²) >= 11 is 24.5. The van der Waals surface area contributed by atoms with Gasteiger partial charge in [-0.1, -0.05) is 34.8 Å². The smallest absolute Gasteiger partial charge is 0.419 e. The number of anilines is 2. The van der Waals surface area contributed by atoms with Gasteiger partial charge in [-0.2, -0.15) is 0 Å². The van der Waals surface area contributed by atoms with Gasteiger partial charge in [-0.05, 0) is 43.3 Å². The van der Waals surface area contributed by atoms with Crippen LogP contribution in [0.2, 0.25) is 15.1 Å². The number of carbonyl (C=O) groups is 2. The van der Waals surface area contributed by atoms with Crippen LogP contribution in [-0.2, 0) is 10.6 Å². The summed E-state index contributed by atoms with van der Waals surface area (Å²) in [6, 6.07) is 9.16. The zero-order valence-electron chi connectivity index (χ0n) is 15.9. The quantitative estimate of drug-likeness (QED) is 0.417. The predicted molar refractivity (Wildman–Crippen MR) is 119 cm³/mol. The Labute approximate surface area is 196 Å². The molecule has 12 heteroatoms. The minimum absolute atomic E-state index is 0.100. The molecule has 0 saturated heterocycles. The standard InChI is InChI=1S/C19H14Cl4N4O4/c1-2-31-19(30)26(13-5-3-10(21)7-12(13)23)14-6-4-11(22)8-15(14)27-16(9-20)24-17(25-27)18(28)29/h3-8H,2,9H2,1H3,(H,28,29). The molecule has 0 aliphatic rings. The minimum Gasteiger partial charge on any atom is -0.475 e. The number of aromatic carboxylic acids is 1. The van der Waals surface area contributed by atoms with Gasteiger partial charge in [-0.25, -0.2) is 24.2 Å². The number of benzene rings is 2. The first-order valence-corrected chi connectivity index (χ1v) is 10.4. The Morgan fingerprint density at radius 1 is 1.10 bits per heavy atom. The first-order chi connectivity index (χ1) is 14.8. The van der Waals surface area contributed by atoms with Gasteiger partial charge in [0.1, 0.15) is 5.82 Å². The topological polar surface area (TPSA) is 97.6 Å². The predicted octanol–water partition coefficient (Wildman–Crippen LogP) is 5.96. The van der Waals surface area contributed by atoms with Gasteiger partial charge >= 0.3 is 12.1 Å². The molecular formula is C19H14Cl4N4O4. The van der Waals surface area contributed by atoms with Crippen molar-refractivity contribution in [2.45, 2.75) is 12.8 Å². The maximum absolute atomic E-state index is 12.9. The molecule has 0 unspecified atom stereocenters. The number of carboxylic acids is 1. The van der Waals surface area contributed by atoms with Crippen LogP contribution >= 0.6 is 46.4 Å². The van der Waals surface area contributed by atoms with Gasteiger partial charge < -0.3 is 9.84 Å². The average Bonchev–Trinajstić information content (AvgIpc) is 3.15. The number of alkyl halides is 1. The first-order valence-electron chi connectivity index (χ1n) is 8.73. The van der Waals surface area contributed by atoms with Crippen molar-refractivity contribution in [2.75, 3.05) is 11.5 Å². The summed E-state index contributed by atoms with van der Waals surface area (Å²) in [7, 11) is 0. The van der Waals surface area contributed by atoms with Crippen LogP contribution in [0.4, 0.5) is 16.2 Å². The third-order valence-electron chi connectivity index (χ3n) is 3.99. The van der Waals surface area contributed by atoms with Crippen LogP contribution in [0.1, 0.15) is 23.4 Å². The average molecular weight is 504 g/mol. The lowest BCUT2D eigenvalue weighted by atomic mass is 10.2. The molecule has 162 valence electrons. The van der Waals surface area contributed by atoms with Crippen LogP contribution in [0.3, 0.4) is 0 Å². The molecule has 0 atom stereocenters. The normalized spacial score (nSPS) is 10.7. The van der Waals surface area contributed by atoms with E-state index < -0.39 is 17.9 Å². The third kappa shape index (κ3) is 4.88. The molecule has 0 spiro atoms. The second-order valence-electron chi connectivity index (χ2n) is 5.97. The second-order valence-corrected chi connectivity index (χ2v) is 7.51. The summed E-state index contributed by atoms with van der Waals surface area (Å²) < 4.78 is 6.42. The van der Waals surface area contributed by atoms with Crippen molar-refractivity contribution >= 4 is 69.8 Å². The lowest BCUT2D eigenvalue weighted by Gasteiger charge is -2.25. The van der Waals surface area contributed by atoms with Crippen LogP contribution in [0, 0.1) is 0 Å². The van der Waals surface area contributed by atoms with E-state index in [1.165, 1.54) is 21.7 Å². The highest BCUT2D eigenvalue weighted by atomic mass is 35.5. The monoisotopic (exact) mass is 502 g/mol. The molecule has 31 heavy (non-hydrogen) atoms. The fourth-order valence-electron chi connectivity index (χ4n) is 2.75. The molecule has 8 nitrogen and oxygen atoms in total. The molecule has 1 N–H and O–H groups in total. The van der Waals surface area contributed by atoms with Crippen molar-refractivity contribution in [1.82, 2.24) is 14.8 Å². The van der Waals surface area contributed by atoms with E-state index in [1.807, 2.05) is 0 Å². The van der Waals surface area contributed by atoms with E-state index in [2.05, 4.69) is 10.1 Å². The molecule has 0 fully saturated rings. The Balaban J connectivity index is 2.29. The van der Waals surface area contributed by atoms with Crippen LogP contribution in [-0.4, -0.2) is 38.5 Å². The molecule has 3 rings (SSSR count). The maximum Gasteiger partial charge on any atom is 0.419 e. The molecule has 0 aliphatic heterocycles. The van der Waals surface area contributed by atoms with E-state index >= 15 is 0 Å². The fourth-order valence-corrected chi connectivity index (χ4v) is 3.58. The SMILES string of the molecule is CCOC(=O)N(c1ccc(Cl)cc1Cl)c1ccc(Cl)cc1-n1nc(C(=O)O)nc1CCl. The van der Waals surface area contributed by atoms with Gasteiger partial charge in [0.2, 0.25) is 0 Å². The van der Waals surface area contributed by atoms with Gasteiger partial charge in [0, 0.05) is 10.0 Å². The van der Waals surface area contributed by atoms with Crippen LogP contribution in [0.15, 0.2) is 36.4 Å². The highest BCUT2D eigenvalue weighted by Gasteiger charge is 2.27. The summed E-state index contributed by atoms with van der Waals surface area (Å²) in [5, 5.41) is 14.1. The Morgan fingerprint density at radius 3 is 2.32 bits per heavy atom. The van der Waals surface area contributed by atoms with Gasteiger partial charge in [-0.3, -0.25) is 0 Å². The highest BCUT2D eigenvalue weighted by Crippen LogP contribution is 2.38. The van der Waals surface area contributed by atoms with Crippen molar-refractivity contribution in [2.24, 2.45) is 0 Å². The van der Waals surface area contributed by atoms with Crippen molar-refractivity contribution in [3.05, 3.63) is 63.1 Å². The van der Waals surface area contributed by atoms with E-state index in [4.69, 9.17) is 51.1 Å². The summed E-state index contributed by atoms with van der Waals surface area (Å²) in [5.41, 5.74) is 0.765. The second kappa shape index (κ2) is 9.74. The highest BCUT2D eigenvalue weighted by molar-refractivity contribution is 6.37. The molecule has 0 radical (unpaired) electrons. The van der Waals surface area contributed by atoms with Crippen molar-refractivity contribution in [3.8, 4) is 5.69 Å². The number of halogens is 4. The van der Waals surface area contributed by atoms with Gasteiger partial charge in [0.15, 0.2) is 0 Å². The van der Waals surface area contributed by atoms with Gasteiger partial charge in [0.25, 0.3) is 5.82 Å². The molecular weight excluding hydrogens is 490 g/mol. The number of carboxylic acid groups (broad SMARTS) is 1. The molecule has 1 aromatic heterocycles. The molecule has 1 amide bonds. The number of rotatable bonds is 6. The Hall–Kier alpha value is -2.52. The maximum atomic E-state index is 12.9. The summed E-state index contributed by atoms with van der Waals surface area (Å²) in [5.74, 6) is -1.81. The van der Waals surface area contributed by atoms with Gasteiger partial charge in [-0.15, -0.1) is 16.7 Å². The van der Waals surface area contributed by atoms with Crippen LogP contribution < -0.4 is 4.90 Å². The summed E-state index contributed by atoms with van der Waals surface area (Å²) in [6.45, 7) is 1.76. The Kier molecular flexibility index (Phi) is 7.27. The van der Waals surface area contributed by atoms with Crippen LogP contribution in [0.5, 0.6) is 0 Å². The van der Waals surface area contributed by atoms with E-state index in [9.17, 15) is 14.7 Å². The molecule has 0 saturated carbocycles. The largest absolute Gasteiger partial charge is 0.475 e. The molecule has 3 aromatic rings. The molecule has 2 aromatic carbocycles. The Bertz CT molecular complexity index is 1150. The summed E-state index contributed by atoms with van der Waals surface area (Å²) in [6.07, 6.45) is -0.735. The number of hydrogen-bond acceptors (Lipinski definition) is 5. The molecule has 0 bridgehead atoms. The molecule has 1 heterocycles.